The summed E-state index contributed by atoms with van der Waals surface area (Å²) in [7, 11) is -3.33. The van der Waals surface area contributed by atoms with Crippen LogP contribution in [0.3, 0.4) is 0 Å². The Morgan fingerprint density at radius 3 is 2.41 bits per heavy atom. The van der Waals surface area contributed by atoms with Gasteiger partial charge in [-0.1, -0.05) is 30.3 Å². The van der Waals surface area contributed by atoms with E-state index < -0.39 is 10.0 Å². The number of hydrogen-bond acceptors (Lipinski definition) is 3. The molecule has 2 aromatic rings. The van der Waals surface area contributed by atoms with Gasteiger partial charge >= 0.3 is 0 Å². The van der Waals surface area contributed by atoms with Crippen molar-refractivity contribution < 1.29 is 8.42 Å². The third-order valence-electron chi connectivity index (χ3n) is 4.08. The van der Waals surface area contributed by atoms with E-state index >= 15 is 0 Å². The molecule has 1 atom stereocenters. The van der Waals surface area contributed by atoms with E-state index in [2.05, 4.69) is 0 Å². The molecule has 4 nitrogen and oxygen atoms in total. The zero-order valence-electron chi connectivity index (χ0n) is 12.5. The molecule has 22 heavy (non-hydrogen) atoms. The summed E-state index contributed by atoms with van der Waals surface area (Å²) in [6.07, 6.45) is 4.17. The molecule has 3 rings (SSSR count). The lowest BCUT2D eigenvalue weighted by atomic mass is 9.81. The van der Waals surface area contributed by atoms with Crippen LogP contribution >= 0.6 is 12.4 Å². The van der Waals surface area contributed by atoms with Crippen molar-refractivity contribution in [3.05, 3.63) is 58.9 Å². The van der Waals surface area contributed by atoms with Crippen molar-refractivity contribution in [1.82, 2.24) is 3.97 Å². The molecule has 1 heterocycles. The van der Waals surface area contributed by atoms with E-state index in [1.165, 1.54) is 10.2 Å². The van der Waals surface area contributed by atoms with E-state index in [0.29, 0.717) is 18.6 Å². The molecule has 0 amide bonds. The van der Waals surface area contributed by atoms with Crippen LogP contribution in [0.5, 0.6) is 0 Å². The molecule has 1 aliphatic rings. The summed E-state index contributed by atoms with van der Waals surface area (Å²) in [5, 5.41) is 8.30. The average molecular weight is 339 g/mol. The van der Waals surface area contributed by atoms with E-state index in [9.17, 15) is 8.42 Å². The van der Waals surface area contributed by atoms with Gasteiger partial charge in [0.25, 0.3) is 0 Å². The number of rotatable bonds is 2. The molecule has 6 heteroatoms. The predicted molar refractivity (Wildman–Crippen MR) is 91.0 cm³/mol. The number of nitrogens with zero attached hydrogens (tertiary/aromatic N) is 1. The first-order valence-corrected chi connectivity index (χ1v) is 8.77. The van der Waals surface area contributed by atoms with Crippen LogP contribution in [0.4, 0.5) is 0 Å². The maximum absolute atomic E-state index is 12.0. The summed E-state index contributed by atoms with van der Waals surface area (Å²) in [5.41, 5.74) is 4.12. The molecular weight excluding hydrogens is 320 g/mol. The lowest BCUT2D eigenvalue weighted by Crippen LogP contribution is -2.23. The van der Waals surface area contributed by atoms with E-state index in [4.69, 9.17) is 5.41 Å². The number of benzene rings is 1. The first kappa shape index (κ1) is 16.8. The van der Waals surface area contributed by atoms with Crippen LogP contribution in [0.1, 0.15) is 34.7 Å². The molecule has 118 valence electrons. The highest BCUT2D eigenvalue weighted by Gasteiger charge is 2.30. The minimum absolute atomic E-state index is 0. The number of halogens is 1. The third-order valence-corrected chi connectivity index (χ3v) is 5.12. The van der Waals surface area contributed by atoms with E-state index in [1.807, 2.05) is 37.3 Å². The highest BCUT2D eigenvalue weighted by Crippen LogP contribution is 2.35. The highest BCUT2D eigenvalue weighted by atomic mass is 35.5. The van der Waals surface area contributed by atoms with Crippen LogP contribution in [0.2, 0.25) is 0 Å². The normalized spacial score (nSPS) is 17.7. The minimum Gasteiger partial charge on any atom is -0.305 e. The van der Waals surface area contributed by atoms with Crippen LogP contribution in [-0.4, -0.2) is 24.4 Å². The second-order valence-electron chi connectivity index (χ2n) is 5.69. The molecule has 1 aliphatic carbocycles. The van der Waals surface area contributed by atoms with Gasteiger partial charge in [-0.25, -0.2) is 12.4 Å². The Labute approximate surface area is 137 Å². The van der Waals surface area contributed by atoms with Gasteiger partial charge in [-0.05, 0) is 36.8 Å². The summed E-state index contributed by atoms with van der Waals surface area (Å²) in [4.78, 5) is 0. The second-order valence-corrected chi connectivity index (χ2v) is 7.55. The van der Waals surface area contributed by atoms with Crippen LogP contribution < -0.4 is 0 Å². The second kappa shape index (κ2) is 5.89. The Hall–Kier alpha value is -1.59. The molecule has 1 aromatic heterocycles. The molecule has 0 fully saturated rings. The molecule has 1 unspecified atom stereocenters. The summed E-state index contributed by atoms with van der Waals surface area (Å²) in [6, 6.07) is 10.0. The largest absolute Gasteiger partial charge is 0.305 e. The van der Waals surface area contributed by atoms with Gasteiger partial charge in [-0.2, -0.15) is 0 Å². The summed E-state index contributed by atoms with van der Waals surface area (Å²) in [6.45, 7) is 1.87. The SMILES string of the molecule is Cc1cn(S(C)(=O)=O)c2c1C(=N)CC(c1ccccc1)C2.Cl. The fraction of sp³-hybridized carbons (Fsp3) is 0.312. The quantitative estimate of drug-likeness (QED) is 0.914. The van der Waals surface area contributed by atoms with Crippen molar-refractivity contribution in [2.24, 2.45) is 0 Å². The lowest BCUT2D eigenvalue weighted by Gasteiger charge is -2.25. The standard InChI is InChI=1S/C16H18N2O2S.ClH/c1-11-10-18(21(2,19)20)15-9-13(8-14(17)16(11)15)12-6-4-3-5-7-12;/h3-7,10,13,17H,8-9H2,1-2H3;1H. The number of nitrogens with one attached hydrogen (secondary N) is 1. The van der Waals surface area contributed by atoms with Crippen LogP contribution in [0.15, 0.2) is 36.5 Å². The van der Waals surface area contributed by atoms with Crippen molar-refractivity contribution in [2.45, 2.75) is 25.7 Å². The van der Waals surface area contributed by atoms with Gasteiger partial charge in [0, 0.05) is 23.2 Å². The number of hydrogen-bond donors (Lipinski definition) is 1. The maximum Gasteiger partial charge on any atom is 0.235 e. The number of fused-ring (bicyclic) bond motifs is 1. The molecular formula is C16H19ClN2O2S. The van der Waals surface area contributed by atoms with E-state index in [-0.39, 0.29) is 18.3 Å². The first-order chi connectivity index (χ1) is 9.88. The van der Waals surface area contributed by atoms with Gasteiger partial charge in [0.1, 0.15) is 0 Å². The van der Waals surface area contributed by atoms with Gasteiger partial charge in [0.05, 0.1) is 6.26 Å². The van der Waals surface area contributed by atoms with Gasteiger partial charge in [-0.15, -0.1) is 12.4 Å². The Morgan fingerprint density at radius 2 is 1.82 bits per heavy atom. The third kappa shape index (κ3) is 2.83. The number of aryl methyl sites for hydroxylation is 1. The number of aromatic nitrogens is 1. The predicted octanol–water partition coefficient (Wildman–Crippen LogP) is 3.12. The van der Waals surface area contributed by atoms with Gasteiger partial charge in [-0.3, -0.25) is 0 Å². The maximum atomic E-state index is 12.0. The summed E-state index contributed by atoms with van der Waals surface area (Å²) in [5.74, 6) is 0.168. The Morgan fingerprint density at radius 1 is 1.18 bits per heavy atom. The first-order valence-electron chi connectivity index (χ1n) is 6.92. The molecule has 1 N–H and O–H groups in total. The Kier molecular flexibility index (Phi) is 4.49. The van der Waals surface area contributed by atoms with Gasteiger partial charge in [0.2, 0.25) is 10.0 Å². The van der Waals surface area contributed by atoms with Crippen molar-refractivity contribution in [3.63, 3.8) is 0 Å². The minimum atomic E-state index is -3.33. The highest BCUT2D eigenvalue weighted by molar-refractivity contribution is 7.89. The van der Waals surface area contributed by atoms with Crippen molar-refractivity contribution in [2.75, 3.05) is 6.26 Å². The molecule has 0 spiro atoms. The molecule has 0 radical (unpaired) electrons. The Balaban J connectivity index is 0.00000176. The fourth-order valence-electron chi connectivity index (χ4n) is 3.17. The average Bonchev–Trinajstić information content (AvgIpc) is 2.77. The van der Waals surface area contributed by atoms with E-state index in [1.54, 1.807) is 6.20 Å². The van der Waals surface area contributed by atoms with Gasteiger partial charge < -0.3 is 5.41 Å². The fourth-order valence-corrected chi connectivity index (χ4v) is 4.09. The molecule has 0 aliphatic heterocycles. The molecule has 0 saturated heterocycles. The summed E-state index contributed by atoms with van der Waals surface area (Å²) >= 11 is 0. The van der Waals surface area contributed by atoms with Crippen molar-refractivity contribution in [1.29, 1.82) is 5.41 Å². The van der Waals surface area contributed by atoms with Crippen LogP contribution in [0, 0.1) is 12.3 Å². The van der Waals surface area contributed by atoms with Crippen molar-refractivity contribution in [3.8, 4) is 0 Å². The Bertz CT molecular complexity index is 810. The molecule has 0 saturated carbocycles. The monoisotopic (exact) mass is 338 g/mol. The topological polar surface area (TPSA) is 62.9 Å². The zero-order chi connectivity index (χ0) is 15.2. The molecule has 0 bridgehead atoms. The van der Waals surface area contributed by atoms with Gasteiger partial charge in [0.15, 0.2) is 0 Å². The van der Waals surface area contributed by atoms with E-state index in [0.717, 1.165) is 22.4 Å². The zero-order valence-corrected chi connectivity index (χ0v) is 14.2. The molecule has 1 aromatic carbocycles. The lowest BCUT2D eigenvalue weighted by molar-refractivity contribution is 0.587. The van der Waals surface area contributed by atoms with Crippen molar-refractivity contribution >= 4 is 28.1 Å². The summed E-state index contributed by atoms with van der Waals surface area (Å²) < 4.78 is 25.3. The van der Waals surface area contributed by atoms with Crippen LogP contribution in [-0.2, 0) is 16.4 Å². The smallest absolute Gasteiger partial charge is 0.235 e. The van der Waals surface area contributed by atoms with Crippen LogP contribution in [0.25, 0.3) is 0 Å².